The molecule has 0 aliphatic heterocycles. The molecule has 2 aromatic rings. The minimum Gasteiger partial charge on any atom is -0.455 e. The number of furan rings is 1. The van der Waals surface area contributed by atoms with Crippen LogP contribution in [0.5, 0.6) is 0 Å². The number of rotatable bonds is 1. The summed E-state index contributed by atoms with van der Waals surface area (Å²) >= 11 is 5.99. The fourth-order valence-corrected chi connectivity index (χ4v) is 1.46. The fraction of sp³-hybridized carbons (Fsp3) is 0.0833. The zero-order valence-corrected chi connectivity index (χ0v) is 8.88. The molecular weight excluding hydrogens is 210 g/mol. The summed E-state index contributed by atoms with van der Waals surface area (Å²) in [6.07, 6.45) is 0. The van der Waals surface area contributed by atoms with Crippen LogP contribution in [-0.4, -0.2) is 0 Å². The number of hydrogen-bond donors (Lipinski definition) is 0. The van der Waals surface area contributed by atoms with Crippen LogP contribution in [0.15, 0.2) is 40.3 Å². The molecule has 0 aliphatic carbocycles. The van der Waals surface area contributed by atoms with Crippen LogP contribution in [-0.2, 0) is 0 Å². The first kappa shape index (κ1) is 9.82. The van der Waals surface area contributed by atoms with E-state index in [2.05, 4.69) is 0 Å². The second-order valence-electron chi connectivity index (χ2n) is 3.20. The normalized spacial score (nSPS) is 12.3. The Kier molecular flexibility index (Phi) is 2.49. The first-order valence-corrected chi connectivity index (χ1v) is 4.85. The van der Waals surface area contributed by atoms with Crippen LogP contribution in [0.3, 0.4) is 0 Å². The lowest BCUT2D eigenvalue weighted by atomic mass is 10.2. The Balaban J connectivity index is 2.60. The molecule has 1 heterocycles. The van der Waals surface area contributed by atoms with E-state index in [9.17, 15) is 0 Å². The molecule has 1 aromatic carbocycles. The highest BCUT2D eigenvalue weighted by Gasteiger charge is 2.08. The molecule has 2 nitrogen and oxygen atoms in total. The fourth-order valence-electron chi connectivity index (χ4n) is 1.32. The maximum atomic E-state index is 8.71. The second kappa shape index (κ2) is 3.80. The van der Waals surface area contributed by atoms with Crippen molar-refractivity contribution < 1.29 is 4.42 Å². The monoisotopic (exact) mass is 217 g/mol. The number of nitrogens with zero attached hydrogens (tertiary/aromatic N) is 1. The number of benzene rings is 1. The van der Waals surface area contributed by atoms with E-state index in [1.54, 1.807) is 6.92 Å². The summed E-state index contributed by atoms with van der Waals surface area (Å²) in [7, 11) is 0. The van der Waals surface area contributed by atoms with E-state index in [0.29, 0.717) is 16.4 Å². The van der Waals surface area contributed by atoms with Crippen LogP contribution in [0.4, 0.5) is 0 Å². The predicted molar refractivity (Wildman–Crippen MR) is 60.3 cm³/mol. The molecule has 1 aromatic heterocycles. The van der Waals surface area contributed by atoms with Crippen LogP contribution in [0.1, 0.15) is 12.7 Å². The van der Waals surface area contributed by atoms with E-state index in [0.717, 1.165) is 11.0 Å². The summed E-state index contributed by atoms with van der Waals surface area (Å²) in [5.74, 6) is 0.539. The number of allylic oxidation sites excluding steroid dienone is 1. The predicted octanol–water partition coefficient (Wildman–Crippen LogP) is 3.93. The van der Waals surface area contributed by atoms with Gasteiger partial charge in [0, 0.05) is 11.0 Å². The molecule has 0 bridgehead atoms. The molecule has 3 heteroatoms. The Hall–Kier alpha value is -1.72. The van der Waals surface area contributed by atoms with Crippen molar-refractivity contribution in [2.75, 3.05) is 0 Å². The SMILES string of the molecule is C/C(C#N)=C(/Cl)c1cc2ccccc2o1. The summed E-state index contributed by atoms with van der Waals surface area (Å²) in [5.41, 5.74) is 1.23. The van der Waals surface area contributed by atoms with Crippen molar-refractivity contribution in [3.8, 4) is 6.07 Å². The van der Waals surface area contributed by atoms with Crippen LogP contribution >= 0.6 is 11.6 Å². The molecule has 2 rings (SSSR count). The van der Waals surface area contributed by atoms with Gasteiger partial charge in [0.05, 0.1) is 11.1 Å². The Labute approximate surface area is 92.4 Å². The van der Waals surface area contributed by atoms with Gasteiger partial charge in [0.2, 0.25) is 0 Å². The summed E-state index contributed by atoms with van der Waals surface area (Å²) in [6.45, 7) is 1.66. The van der Waals surface area contributed by atoms with Crippen LogP contribution < -0.4 is 0 Å². The Morgan fingerprint density at radius 1 is 1.40 bits per heavy atom. The van der Waals surface area contributed by atoms with Crippen molar-refractivity contribution in [3.05, 3.63) is 41.7 Å². The Morgan fingerprint density at radius 2 is 2.13 bits per heavy atom. The molecule has 15 heavy (non-hydrogen) atoms. The second-order valence-corrected chi connectivity index (χ2v) is 3.58. The van der Waals surface area contributed by atoms with Crippen molar-refractivity contribution in [1.82, 2.24) is 0 Å². The maximum Gasteiger partial charge on any atom is 0.147 e. The van der Waals surface area contributed by atoms with Crippen molar-refractivity contribution in [1.29, 1.82) is 5.26 Å². The quantitative estimate of drug-likeness (QED) is 0.679. The maximum absolute atomic E-state index is 8.71. The van der Waals surface area contributed by atoms with Gasteiger partial charge < -0.3 is 4.42 Å². The van der Waals surface area contributed by atoms with Gasteiger partial charge in [0.1, 0.15) is 11.3 Å². The van der Waals surface area contributed by atoms with Crippen LogP contribution in [0.25, 0.3) is 16.0 Å². The minimum atomic E-state index is 0.369. The molecule has 0 fully saturated rings. The first-order valence-electron chi connectivity index (χ1n) is 4.48. The number of halogens is 1. The van der Waals surface area contributed by atoms with E-state index in [4.69, 9.17) is 21.3 Å². The van der Waals surface area contributed by atoms with Gasteiger partial charge in [-0.3, -0.25) is 0 Å². The van der Waals surface area contributed by atoms with E-state index in [1.165, 1.54) is 0 Å². The minimum absolute atomic E-state index is 0.369. The number of nitriles is 1. The number of fused-ring (bicyclic) bond motifs is 1. The van der Waals surface area contributed by atoms with Crippen LogP contribution in [0.2, 0.25) is 0 Å². The smallest absolute Gasteiger partial charge is 0.147 e. The highest BCUT2D eigenvalue weighted by molar-refractivity contribution is 6.49. The lowest BCUT2D eigenvalue weighted by molar-refractivity contribution is 0.602. The molecule has 0 spiro atoms. The van der Waals surface area contributed by atoms with Gasteiger partial charge in [-0.05, 0) is 19.1 Å². The van der Waals surface area contributed by atoms with Gasteiger partial charge in [-0.2, -0.15) is 5.26 Å². The lowest BCUT2D eigenvalue weighted by Gasteiger charge is -1.92. The summed E-state index contributed by atoms with van der Waals surface area (Å²) in [4.78, 5) is 0. The van der Waals surface area contributed by atoms with E-state index in [-0.39, 0.29) is 0 Å². The number of hydrogen-bond acceptors (Lipinski definition) is 2. The molecule has 0 unspecified atom stereocenters. The third-order valence-corrected chi connectivity index (χ3v) is 2.61. The standard InChI is InChI=1S/C12H8ClNO/c1-8(7-14)12(13)11-6-9-4-2-3-5-10(9)15-11/h2-6H,1H3/b12-8-. The van der Waals surface area contributed by atoms with Crippen molar-refractivity contribution in [3.63, 3.8) is 0 Å². The molecule has 0 aliphatic rings. The van der Waals surface area contributed by atoms with Gasteiger partial charge in [0.15, 0.2) is 0 Å². The molecule has 74 valence electrons. The average Bonchev–Trinajstić information content (AvgIpc) is 2.70. The zero-order valence-electron chi connectivity index (χ0n) is 8.12. The van der Waals surface area contributed by atoms with E-state index >= 15 is 0 Å². The average molecular weight is 218 g/mol. The molecule has 0 atom stereocenters. The lowest BCUT2D eigenvalue weighted by Crippen LogP contribution is -1.75. The van der Waals surface area contributed by atoms with Crippen molar-refractivity contribution >= 4 is 27.6 Å². The third-order valence-electron chi connectivity index (χ3n) is 2.14. The summed E-state index contributed by atoms with van der Waals surface area (Å²) in [5, 5.41) is 10.1. The van der Waals surface area contributed by atoms with Crippen LogP contribution in [0, 0.1) is 11.3 Å². The van der Waals surface area contributed by atoms with E-state index in [1.807, 2.05) is 36.4 Å². The van der Waals surface area contributed by atoms with Crippen molar-refractivity contribution in [2.45, 2.75) is 6.92 Å². The van der Waals surface area contributed by atoms with Gasteiger partial charge in [-0.15, -0.1) is 0 Å². The Morgan fingerprint density at radius 3 is 2.80 bits per heavy atom. The highest BCUT2D eigenvalue weighted by atomic mass is 35.5. The molecular formula is C12H8ClNO. The number of para-hydroxylation sites is 1. The molecule has 0 radical (unpaired) electrons. The van der Waals surface area contributed by atoms with E-state index < -0.39 is 0 Å². The van der Waals surface area contributed by atoms with Gasteiger partial charge in [-0.25, -0.2) is 0 Å². The largest absolute Gasteiger partial charge is 0.455 e. The first-order chi connectivity index (χ1) is 7.22. The summed E-state index contributed by atoms with van der Waals surface area (Å²) < 4.78 is 5.51. The molecule has 0 amide bonds. The van der Waals surface area contributed by atoms with Crippen molar-refractivity contribution in [2.24, 2.45) is 0 Å². The van der Waals surface area contributed by atoms with Gasteiger partial charge in [-0.1, -0.05) is 29.8 Å². The molecule has 0 N–H and O–H groups in total. The zero-order chi connectivity index (χ0) is 10.8. The van der Waals surface area contributed by atoms with Gasteiger partial charge in [0.25, 0.3) is 0 Å². The molecule has 0 saturated heterocycles. The Bertz CT molecular complexity index is 542. The topological polar surface area (TPSA) is 36.9 Å². The molecule has 0 saturated carbocycles. The highest BCUT2D eigenvalue weighted by Crippen LogP contribution is 2.28. The third kappa shape index (κ3) is 1.74. The summed E-state index contributed by atoms with van der Waals surface area (Å²) in [6, 6.07) is 11.5. The van der Waals surface area contributed by atoms with Gasteiger partial charge >= 0.3 is 0 Å².